The molecule has 0 aliphatic carbocycles. The van der Waals surface area contributed by atoms with E-state index in [9.17, 15) is 4.79 Å². The molecule has 0 atom stereocenters. The van der Waals surface area contributed by atoms with Gasteiger partial charge >= 0.3 is 6.03 Å². The summed E-state index contributed by atoms with van der Waals surface area (Å²) in [5, 5.41) is 11.8. The highest BCUT2D eigenvalue weighted by molar-refractivity contribution is 5.84. The summed E-state index contributed by atoms with van der Waals surface area (Å²) in [5.41, 5.74) is 5.12. The van der Waals surface area contributed by atoms with Crippen molar-refractivity contribution in [3.05, 3.63) is 30.1 Å². The Morgan fingerprint density at radius 2 is 2.31 bits per heavy atom. The maximum Gasteiger partial charge on any atom is 0.358 e. The Labute approximate surface area is 90.1 Å². The molecule has 7 nitrogen and oxygen atoms in total. The summed E-state index contributed by atoms with van der Waals surface area (Å²) in [4.78, 5) is 17.7. The number of hydrogen-bond donors (Lipinski definition) is 4. The van der Waals surface area contributed by atoms with E-state index in [1.54, 1.807) is 0 Å². The van der Waals surface area contributed by atoms with Crippen LogP contribution in [-0.4, -0.2) is 27.4 Å². The third kappa shape index (κ3) is 2.15. The molecule has 0 unspecified atom stereocenters. The van der Waals surface area contributed by atoms with Crippen molar-refractivity contribution in [1.29, 1.82) is 0 Å². The molecular weight excluding hydrogens is 210 g/mol. The first-order valence-electron chi connectivity index (χ1n) is 4.47. The highest BCUT2D eigenvalue weighted by Crippen LogP contribution is 2.08. The van der Waals surface area contributed by atoms with E-state index in [1.165, 1.54) is 11.7 Å². The summed E-state index contributed by atoms with van der Waals surface area (Å²) in [7, 11) is 0. The van der Waals surface area contributed by atoms with Crippen LogP contribution in [-0.2, 0) is 0 Å². The Hall–Kier alpha value is -2.41. The van der Waals surface area contributed by atoms with Crippen LogP contribution < -0.4 is 10.9 Å². The summed E-state index contributed by atoms with van der Waals surface area (Å²) in [6.45, 7) is 0. The Balaban J connectivity index is 2.12. The van der Waals surface area contributed by atoms with Gasteiger partial charge in [0.25, 0.3) is 0 Å². The van der Waals surface area contributed by atoms with Gasteiger partial charge in [0.1, 0.15) is 0 Å². The first-order chi connectivity index (χ1) is 7.79. The van der Waals surface area contributed by atoms with Crippen molar-refractivity contribution in [2.24, 2.45) is 5.10 Å². The quantitative estimate of drug-likeness (QED) is 0.337. The number of rotatable bonds is 2. The lowest BCUT2D eigenvalue weighted by Crippen LogP contribution is -2.29. The van der Waals surface area contributed by atoms with E-state index in [0.29, 0.717) is 5.82 Å². The topological polar surface area (TPSA) is 102 Å². The predicted octanol–water partition coefficient (Wildman–Crippen LogP) is 0.585. The second-order valence-electron chi connectivity index (χ2n) is 2.95. The van der Waals surface area contributed by atoms with Crippen LogP contribution in [0.4, 0.5) is 4.79 Å². The summed E-state index contributed by atoms with van der Waals surface area (Å²) < 4.78 is 0. The van der Waals surface area contributed by atoms with Crippen LogP contribution in [0.5, 0.6) is 0 Å². The van der Waals surface area contributed by atoms with Gasteiger partial charge in [0.15, 0.2) is 5.82 Å². The Morgan fingerprint density at radius 1 is 1.50 bits per heavy atom. The third-order valence-corrected chi connectivity index (χ3v) is 1.86. The Kier molecular flexibility index (Phi) is 2.79. The number of carbonyl (C=O) groups is 1. The van der Waals surface area contributed by atoms with E-state index >= 15 is 0 Å². The number of carbonyl (C=O) groups excluding carboxylic acids is 1. The van der Waals surface area contributed by atoms with Gasteiger partial charge in [-0.05, 0) is 12.1 Å². The molecule has 0 bridgehead atoms. The van der Waals surface area contributed by atoms with Crippen molar-refractivity contribution < 1.29 is 10.0 Å². The zero-order chi connectivity index (χ0) is 11.4. The van der Waals surface area contributed by atoms with Gasteiger partial charge < -0.3 is 4.98 Å². The largest absolute Gasteiger partial charge is 0.358 e. The maximum absolute atomic E-state index is 10.6. The Bertz CT molecular complexity index is 500. The van der Waals surface area contributed by atoms with E-state index in [-0.39, 0.29) is 0 Å². The SMILES string of the molecule is O=C(NO)N/N=C/c1nc2ccccc2[nH]1. The number of hydroxylamine groups is 1. The van der Waals surface area contributed by atoms with Gasteiger partial charge in [-0.2, -0.15) is 5.10 Å². The van der Waals surface area contributed by atoms with Crippen LogP contribution in [0.25, 0.3) is 11.0 Å². The van der Waals surface area contributed by atoms with Gasteiger partial charge in [-0.1, -0.05) is 12.1 Å². The minimum atomic E-state index is -0.813. The maximum atomic E-state index is 10.6. The van der Waals surface area contributed by atoms with E-state index in [0.717, 1.165) is 11.0 Å². The van der Waals surface area contributed by atoms with Crippen LogP contribution in [0.3, 0.4) is 0 Å². The number of fused-ring (bicyclic) bond motifs is 1. The molecule has 0 aliphatic heterocycles. The minimum Gasteiger partial charge on any atom is -0.337 e. The zero-order valence-electron chi connectivity index (χ0n) is 8.14. The third-order valence-electron chi connectivity index (χ3n) is 1.86. The number of benzene rings is 1. The van der Waals surface area contributed by atoms with Crippen LogP contribution in [0.1, 0.15) is 5.82 Å². The van der Waals surface area contributed by atoms with Gasteiger partial charge in [0.2, 0.25) is 0 Å². The summed E-state index contributed by atoms with van der Waals surface area (Å²) in [6.07, 6.45) is 1.34. The van der Waals surface area contributed by atoms with Crippen molar-refractivity contribution in [3.63, 3.8) is 0 Å². The van der Waals surface area contributed by atoms with Gasteiger partial charge in [-0.3, -0.25) is 5.21 Å². The molecule has 1 aromatic carbocycles. The van der Waals surface area contributed by atoms with Crippen LogP contribution in [0, 0.1) is 0 Å². The summed E-state index contributed by atoms with van der Waals surface area (Å²) >= 11 is 0. The fourth-order valence-electron chi connectivity index (χ4n) is 1.21. The number of urea groups is 1. The summed E-state index contributed by atoms with van der Waals surface area (Å²) in [5.74, 6) is 0.513. The van der Waals surface area contributed by atoms with Crippen molar-refractivity contribution in [3.8, 4) is 0 Å². The molecule has 2 rings (SSSR count). The highest BCUT2D eigenvalue weighted by Gasteiger charge is 1.98. The fraction of sp³-hybridized carbons (Fsp3) is 0. The monoisotopic (exact) mass is 219 g/mol. The smallest absolute Gasteiger partial charge is 0.337 e. The van der Waals surface area contributed by atoms with E-state index < -0.39 is 6.03 Å². The number of imidazole rings is 1. The molecule has 2 amide bonds. The highest BCUT2D eigenvalue weighted by atomic mass is 16.5. The number of H-pyrrole nitrogens is 1. The number of hydrazone groups is 1. The molecular formula is C9H9N5O2. The molecule has 4 N–H and O–H groups in total. The molecule has 0 saturated carbocycles. The number of amides is 2. The van der Waals surface area contributed by atoms with Gasteiger partial charge in [0.05, 0.1) is 17.2 Å². The molecule has 16 heavy (non-hydrogen) atoms. The predicted molar refractivity (Wildman–Crippen MR) is 57.1 cm³/mol. The zero-order valence-corrected chi connectivity index (χ0v) is 8.14. The standard InChI is InChI=1S/C9H9N5O2/c15-9(14-16)13-10-5-8-11-6-3-1-2-4-7(6)12-8/h1-5,16H,(H,11,12)(H2,13,14,15)/b10-5+. The van der Waals surface area contributed by atoms with Gasteiger partial charge in [-0.25, -0.2) is 20.7 Å². The molecule has 0 radical (unpaired) electrons. The molecule has 0 aliphatic rings. The first-order valence-corrected chi connectivity index (χ1v) is 4.47. The van der Waals surface area contributed by atoms with Crippen LogP contribution >= 0.6 is 0 Å². The number of nitrogens with one attached hydrogen (secondary N) is 3. The Morgan fingerprint density at radius 3 is 3.06 bits per heavy atom. The summed E-state index contributed by atoms with van der Waals surface area (Å²) in [6, 6.07) is 6.69. The lowest BCUT2D eigenvalue weighted by atomic mass is 10.3. The molecule has 82 valence electrons. The van der Waals surface area contributed by atoms with Gasteiger partial charge in [-0.15, -0.1) is 0 Å². The van der Waals surface area contributed by atoms with E-state index in [2.05, 4.69) is 15.1 Å². The number of nitrogens with zero attached hydrogens (tertiary/aromatic N) is 2. The van der Waals surface area contributed by atoms with Crippen molar-refractivity contribution in [2.75, 3.05) is 0 Å². The molecule has 2 aromatic rings. The number of hydrogen-bond acceptors (Lipinski definition) is 4. The number of aromatic nitrogens is 2. The van der Waals surface area contributed by atoms with Crippen molar-refractivity contribution in [1.82, 2.24) is 20.9 Å². The second kappa shape index (κ2) is 4.41. The lowest BCUT2D eigenvalue weighted by molar-refractivity contribution is 0.162. The minimum absolute atomic E-state index is 0.513. The first kappa shape index (κ1) is 10.1. The molecule has 1 aromatic heterocycles. The molecule has 0 saturated heterocycles. The average molecular weight is 219 g/mol. The molecule has 1 heterocycles. The lowest BCUT2D eigenvalue weighted by Gasteiger charge is -1.93. The van der Waals surface area contributed by atoms with Crippen molar-refractivity contribution >= 4 is 23.3 Å². The van der Waals surface area contributed by atoms with Crippen LogP contribution in [0.2, 0.25) is 0 Å². The van der Waals surface area contributed by atoms with Crippen molar-refractivity contribution in [2.45, 2.75) is 0 Å². The normalized spacial score (nSPS) is 10.8. The molecule has 7 heteroatoms. The second-order valence-corrected chi connectivity index (χ2v) is 2.95. The number of para-hydroxylation sites is 2. The fourth-order valence-corrected chi connectivity index (χ4v) is 1.21. The number of aromatic amines is 1. The average Bonchev–Trinajstić information content (AvgIpc) is 2.71. The molecule has 0 spiro atoms. The molecule has 0 fully saturated rings. The van der Waals surface area contributed by atoms with Crippen LogP contribution in [0.15, 0.2) is 29.4 Å². The van der Waals surface area contributed by atoms with E-state index in [4.69, 9.17) is 5.21 Å². The van der Waals surface area contributed by atoms with Gasteiger partial charge in [0, 0.05) is 0 Å². The van der Waals surface area contributed by atoms with E-state index in [1.807, 2.05) is 29.7 Å².